The highest BCUT2D eigenvalue weighted by molar-refractivity contribution is 6.35. The molecule has 1 N–H and O–H groups in total. The molecule has 132 valence electrons. The monoisotopic (exact) mass is 372 g/mol. The van der Waals surface area contributed by atoms with Crippen LogP contribution in [0, 0.1) is 0 Å². The molecule has 2 amide bonds. The van der Waals surface area contributed by atoms with Crippen LogP contribution in [0.4, 0.5) is 0 Å². The molecule has 1 aromatic carbocycles. The van der Waals surface area contributed by atoms with Gasteiger partial charge in [-0.3, -0.25) is 9.59 Å². The van der Waals surface area contributed by atoms with Gasteiger partial charge in [-0.2, -0.15) is 0 Å². The van der Waals surface area contributed by atoms with E-state index < -0.39 is 0 Å². The molecule has 1 aliphatic heterocycles. The quantitative estimate of drug-likeness (QED) is 0.833. The van der Waals surface area contributed by atoms with E-state index in [0.29, 0.717) is 35.3 Å². The maximum absolute atomic E-state index is 12.2. The molecule has 0 saturated carbocycles. The van der Waals surface area contributed by atoms with Crippen molar-refractivity contribution in [1.82, 2.24) is 10.2 Å². The zero-order valence-corrected chi connectivity index (χ0v) is 15.2. The van der Waals surface area contributed by atoms with Gasteiger partial charge in [-0.15, -0.1) is 0 Å². The van der Waals surface area contributed by atoms with Gasteiger partial charge in [-0.1, -0.05) is 30.1 Å². The van der Waals surface area contributed by atoms with Gasteiger partial charge in [0, 0.05) is 30.6 Å². The molecule has 1 saturated heterocycles. The third-order valence-electron chi connectivity index (χ3n) is 3.93. The summed E-state index contributed by atoms with van der Waals surface area (Å²) in [7, 11) is 0. The summed E-state index contributed by atoms with van der Waals surface area (Å²) in [5, 5.41) is 3.91. The average Bonchev–Trinajstić information content (AvgIpc) is 2.54. The summed E-state index contributed by atoms with van der Waals surface area (Å²) in [5.74, 6) is 0.443. The van der Waals surface area contributed by atoms with Gasteiger partial charge < -0.3 is 15.0 Å². The van der Waals surface area contributed by atoms with Crippen LogP contribution in [0.15, 0.2) is 18.2 Å². The van der Waals surface area contributed by atoms with E-state index >= 15 is 0 Å². The lowest BCUT2D eigenvalue weighted by Crippen LogP contribution is -2.47. The minimum Gasteiger partial charge on any atom is -0.482 e. The Morgan fingerprint density at radius 3 is 2.62 bits per heavy atom. The molecule has 0 unspecified atom stereocenters. The van der Waals surface area contributed by atoms with E-state index in [9.17, 15) is 9.59 Å². The number of amides is 2. The largest absolute Gasteiger partial charge is 0.482 e. The van der Waals surface area contributed by atoms with Crippen LogP contribution >= 0.6 is 23.2 Å². The van der Waals surface area contributed by atoms with E-state index in [1.807, 2.05) is 6.92 Å². The molecule has 1 fully saturated rings. The maximum atomic E-state index is 12.2. The Morgan fingerprint density at radius 2 is 2.00 bits per heavy atom. The minimum absolute atomic E-state index is 0.0613. The molecular weight excluding hydrogens is 351 g/mol. The van der Waals surface area contributed by atoms with Crippen molar-refractivity contribution in [3.63, 3.8) is 0 Å². The lowest BCUT2D eigenvalue weighted by molar-refractivity contribution is -0.134. The van der Waals surface area contributed by atoms with E-state index in [1.54, 1.807) is 23.1 Å². The molecule has 5 nitrogen and oxygen atoms in total. The molecule has 0 atom stereocenters. The summed E-state index contributed by atoms with van der Waals surface area (Å²) in [5.41, 5.74) is 0. The van der Waals surface area contributed by atoms with Crippen LogP contribution in [0.25, 0.3) is 0 Å². The number of nitrogens with one attached hydrogen (secondary N) is 1. The minimum atomic E-state index is -0.0839. The lowest BCUT2D eigenvalue weighted by Gasteiger charge is -2.32. The van der Waals surface area contributed by atoms with Crippen molar-refractivity contribution in [2.24, 2.45) is 0 Å². The van der Waals surface area contributed by atoms with Gasteiger partial charge in [0.2, 0.25) is 5.91 Å². The summed E-state index contributed by atoms with van der Waals surface area (Å²) in [6.07, 6.45) is 2.92. The van der Waals surface area contributed by atoms with Crippen molar-refractivity contribution in [2.45, 2.75) is 38.6 Å². The van der Waals surface area contributed by atoms with E-state index in [4.69, 9.17) is 27.9 Å². The second-order valence-corrected chi connectivity index (χ2v) is 6.68. The fourth-order valence-electron chi connectivity index (χ4n) is 2.62. The van der Waals surface area contributed by atoms with Gasteiger partial charge >= 0.3 is 0 Å². The maximum Gasteiger partial charge on any atom is 0.260 e. The Balaban J connectivity index is 1.75. The number of benzene rings is 1. The van der Waals surface area contributed by atoms with Gasteiger partial charge in [-0.05, 0) is 37.5 Å². The van der Waals surface area contributed by atoms with Crippen LogP contribution in [0.5, 0.6) is 5.75 Å². The van der Waals surface area contributed by atoms with Crippen LogP contribution in [0.2, 0.25) is 10.0 Å². The topological polar surface area (TPSA) is 58.6 Å². The Kier molecular flexibility index (Phi) is 7.18. The van der Waals surface area contributed by atoms with Crippen molar-refractivity contribution in [3.05, 3.63) is 28.2 Å². The number of hydrogen-bond acceptors (Lipinski definition) is 3. The van der Waals surface area contributed by atoms with E-state index in [-0.39, 0.29) is 24.5 Å². The van der Waals surface area contributed by atoms with Crippen LogP contribution in [-0.4, -0.2) is 42.5 Å². The van der Waals surface area contributed by atoms with Crippen LogP contribution in [0.3, 0.4) is 0 Å². The summed E-state index contributed by atoms with van der Waals surface area (Å²) < 4.78 is 5.48. The fraction of sp³-hybridized carbons (Fsp3) is 0.529. The molecule has 1 aromatic rings. The fourth-order valence-corrected chi connectivity index (χ4v) is 3.09. The molecule has 0 aromatic heterocycles. The normalized spacial score (nSPS) is 15.2. The number of piperidine rings is 1. The van der Waals surface area contributed by atoms with Crippen LogP contribution in [-0.2, 0) is 9.59 Å². The van der Waals surface area contributed by atoms with Gasteiger partial charge in [0.05, 0.1) is 5.02 Å². The molecule has 0 spiro atoms. The molecule has 7 heteroatoms. The van der Waals surface area contributed by atoms with Crippen molar-refractivity contribution in [3.8, 4) is 5.75 Å². The number of carbonyl (C=O) groups excluding carboxylic acids is 2. The number of ether oxygens (including phenoxy) is 1. The first-order chi connectivity index (χ1) is 11.5. The number of hydrogen-bond donors (Lipinski definition) is 1. The second kappa shape index (κ2) is 9.14. The Labute approximate surface area is 152 Å². The highest BCUT2D eigenvalue weighted by atomic mass is 35.5. The molecular formula is C17H22Cl2N2O3. The third kappa shape index (κ3) is 5.56. The summed E-state index contributed by atoms with van der Waals surface area (Å²) >= 11 is 11.8. The molecule has 0 bridgehead atoms. The zero-order valence-electron chi connectivity index (χ0n) is 13.7. The van der Waals surface area contributed by atoms with Crippen LogP contribution < -0.4 is 10.1 Å². The molecule has 0 radical (unpaired) electrons. The first-order valence-corrected chi connectivity index (χ1v) is 8.90. The first-order valence-electron chi connectivity index (χ1n) is 8.14. The van der Waals surface area contributed by atoms with Gasteiger partial charge in [0.25, 0.3) is 5.91 Å². The summed E-state index contributed by atoms with van der Waals surface area (Å²) in [6, 6.07) is 5.04. The number of nitrogens with zero attached hydrogens (tertiary/aromatic N) is 1. The number of rotatable bonds is 6. The highest BCUT2D eigenvalue weighted by Gasteiger charge is 2.24. The molecule has 2 rings (SSSR count). The van der Waals surface area contributed by atoms with Crippen molar-refractivity contribution in [2.75, 3.05) is 19.7 Å². The summed E-state index contributed by atoms with van der Waals surface area (Å²) in [4.78, 5) is 25.6. The highest BCUT2D eigenvalue weighted by Crippen LogP contribution is 2.27. The van der Waals surface area contributed by atoms with E-state index in [2.05, 4.69) is 5.32 Å². The third-order valence-corrected chi connectivity index (χ3v) is 4.47. The van der Waals surface area contributed by atoms with E-state index in [1.165, 1.54) is 0 Å². The molecule has 0 aliphatic carbocycles. The standard InChI is InChI=1S/C17H22Cl2N2O3/c1-2-3-16(22)20-13-6-8-21(9-7-13)17(23)11-24-15-5-4-12(18)10-14(15)19/h4-5,10,13H,2-3,6-9,11H2,1H3,(H,20,22). The predicted molar refractivity (Wildman–Crippen MR) is 94.6 cm³/mol. The van der Waals surface area contributed by atoms with E-state index in [0.717, 1.165) is 19.3 Å². The molecule has 1 aliphatic rings. The zero-order chi connectivity index (χ0) is 17.5. The molecule has 1 heterocycles. The van der Waals surface area contributed by atoms with Gasteiger partial charge in [0.15, 0.2) is 6.61 Å². The predicted octanol–water partition coefficient (Wildman–Crippen LogP) is 3.28. The smallest absolute Gasteiger partial charge is 0.260 e. The SMILES string of the molecule is CCCC(=O)NC1CCN(C(=O)COc2ccc(Cl)cc2Cl)CC1. The van der Waals surface area contributed by atoms with Crippen LogP contribution in [0.1, 0.15) is 32.6 Å². The molecule has 24 heavy (non-hydrogen) atoms. The van der Waals surface area contributed by atoms with Crippen molar-refractivity contribution < 1.29 is 14.3 Å². The lowest BCUT2D eigenvalue weighted by atomic mass is 10.0. The number of carbonyl (C=O) groups is 2. The first kappa shape index (κ1) is 18.9. The number of likely N-dealkylation sites (tertiary alicyclic amines) is 1. The van der Waals surface area contributed by atoms with Crippen molar-refractivity contribution in [1.29, 1.82) is 0 Å². The van der Waals surface area contributed by atoms with Gasteiger partial charge in [0.1, 0.15) is 5.75 Å². The second-order valence-electron chi connectivity index (χ2n) is 5.84. The van der Waals surface area contributed by atoms with Gasteiger partial charge in [-0.25, -0.2) is 0 Å². The number of halogens is 2. The Hall–Kier alpha value is -1.46. The van der Waals surface area contributed by atoms with Crippen molar-refractivity contribution >= 4 is 35.0 Å². The average molecular weight is 373 g/mol. The Morgan fingerprint density at radius 1 is 1.29 bits per heavy atom. The summed E-state index contributed by atoms with van der Waals surface area (Å²) in [6.45, 7) is 3.16. The Bertz CT molecular complexity index is 587.